The summed E-state index contributed by atoms with van der Waals surface area (Å²) in [5, 5.41) is 2.59. The predicted octanol–water partition coefficient (Wildman–Crippen LogP) is 5.94. The molecule has 1 amide bonds. The Labute approximate surface area is 247 Å². The third-order valence-corrected chi connectivity index (χ3v) is 6.41. The van der Waals surface area contributed by atoms with Gasteiger partial charge >= 0.3 is 22.3 Å². The summed E-state index contributed by atoms with van der Waals surface area (Å²) < 4.78 is 42.9. The molecule has 0 bridgehead atoms. The smallest absolute Gasteiger partial charge is 0.394 e. The molecule has 0 radical (unpaired) electrons. The second kappa shape index (κ2) is 24.3. The Morgan fingerprint density at radius 2 is 1.63 bits per heavy atom. The second-order valence-corrected chi connectivity index (χ2v) is 11.4. The molecule has 0 aromatic heterocycles. The molecule has 6 N–H and O–H groups in total. The number of carbonyl (C=O) groups is 3. The fourth-order valence-corrected chi connectivity index (χ4v) is 4.34. The van der Waals surface area contributed by atoms with Gasteiger partial charge in [0, 0.05) is 12.8 Å². The highest BCUT2D eigenvalue weighted by atomic mass is 32.3. The van der Waals surface area contributed by atoms with Gasteiger partial charge < -0.3 is 20.9 Å². The maximum absolute atomic E-state index is 12.8. The minimum Gasteiger partial charge on any atom is -0.461 e. The van der Waals surface area contributed by atoms with Crippen LogP contribution < -0.4 is 11.5 Å². The summed E-state index contributed by atoms with van der Waals surface area (Å²) in [6.07, 6.45) is 21.0. The summed E-state index contributed by atoms with van der Waals surface area (Å²) in [5.41, 5.74) is 0. The third kappa shape index (κ3) is 23.0. The lowest BCUT2D eigenvalue weighted by atomic mass is 9.87. The first-order valence-corrected chi connectivity index (χ1v) is 15.9. The lowest BCUT2D eigenvalue weighted by Gasteiger charge is -2.37. The van der Waals surface area contributed by atoms with Crippen LogP contribution in [0.1, 0.15) is 111 Å². The van der Waals surface area contributed by atoms with Crippen molar-refractivity contribution < 1.29 is 41.4 Å². The van der Waals surface area contributed by atoms with E-state index in [9.17, 15) is 14.4 Å². The Morgan fingerprint density at radius 1 is 1.02 bits per heavy atom. The van der Waals surface area contributed by atoms with Crippen LogP contribution in [0.3, 0.4) is 0 Å². The van der Waals surface area contributed by atoms with Gasteiger partial charge in [0.05, 0.1) is 5.92 Å². The predicted molar refractivity (Wildman–Crippen MR) is 160 cm³/mol. The number of esters is 2. The molecule has 1 rings (SSSR count). The van der Waals surface area contributed by atoms with Gasteiger partial charge in [0.1, 0.15) is 18.2 Å². The topological polar surface area (TPSA) is 191 Å². The van der Waals surface area contributed by atoms with Gasteiger partial charge in [-0.1, -0.05) is 90.5 Å². The van der Waals surface area contributed by atoms with Gasteiger partial charge in [-0.25, -0.2) is 4.79 Å². The summed E-state index contributed by atoms with van der Waals surface area (Å²) in [5.74, 6) is -0.434. The Bertz CT molecular complexity index is 868. The molecule has 240 valence electrons. The van der Waals surface area contributed by atoms with Crippen molar-refractivity contribution in [2.45, 2.75) is 129 Å². The first kappa shape index (κ1) is 40.9. The number of amides is 1. The van der Waals surface area contributed by atoms with Gasteiger partial charge in [-0.15, -0.1) is 0 Å². The van der Waals surface area contributed by atoms with Crippen molar-refractivity contribution in [1.29, 1.82) is 0 Å². The summed E-state index contributed by atoms with van der Waals surface area (Å²) in [6, 6.07) is -0.668. The summed E-state index contributed by atoms with van der Waals surface area (Å²) in [6.45, 7) is 8.37. The standard InChI is InChI=1S/C29H49NO5.H3N.H2O4S/c1-5-7-9-11-12-13-14-15-16-18-24(34-29(33)26(30-22-31)20-23(3)4)21-27-25(28(32)35-27)19-17-10-8-6-2;;1-5(2,3)4/h12-13,15-16,22-27H,5-11,14,17-21H2,1-4H3,(H,30,31);1H3;(H2,1,2,3,4)/b13-12-,16-15-;;/t24-,25-,26-,27-;;/m0../s1. The van der Waals surface area contributed by atoms with Gasteiger partial charge in [0.2, 0.25) is 6.41 Å². The van der Waals surface area contributed by atoms with Gasteiger partial charge in [-0.2, -0.15) is 8.42 Å². The Morgan fingerprint density at radius 3 is 2.20 bits per heavy atom. The van der Waals surface area contributed by atoms with Crippen LogP contribution in [0.5, 0.6) is 0 Å². The van der Waals surface area contributed by atoms with Gasteiger partial charge in [0.25, 0.3) is 0 Å². The second-order valence-electron chi connectivity index (χ2n) is 10.6. The van der Waals surface area contributed by atoms with Crippen LogP contribution in [-0.4, -0.2) is 54.1 Å². The van der Waals surface area contributed by atoms with Gasteiger partial charge in [-0.05, 0) is 38.0 Å². The van der Waals surface area contributed by atoms with Crippen LogP contribution >= 0.6 is 0 Å². The lowest BCUT2D eigenvalue weighted by Crippen LogP contribution is -2.48. The highest BCUT2D eigenvalue weighted by Crippen LogP contribution is 2.32. The molecule has 0 aromatic carbocycles. The van der Waals surface area contributed by atoms with E-state index in [4.69, 9.17) is 27.0 Å². The van der Waals surface area contributed by atoms with Crippen LogP contribution in [-0.2, 0) is 34.3 Å². The van der Waals surface area contributed by atoms with Crippen molar-refractivity contribution in [3.8, 4) is 0 Å². The molecule has 1 aliphatic rings. The molecule has 0 spiro atoms. The van der Waals surface area contributed by atoms with E-state index in [0.29, 0.717) is 25.7 Å². The molecule has 0 aromatic rings. The zero-order valence-corrected chi connectivity index (χ0v) is 26.1. The number of hydrogen-bond acceptors (Lipinski definition) is 8. The SMILES string of the molecule is CCCCC/C=C\C/C=C\C[C@@H](C[C@@H]1OC(=O)[C@H]1CCCCCC)OC(=O)[C@H](CC(C)C)NC=O.N.O=S(=O)(O)O. The summed E-state index contributed by atoms with van der Waals surface area (Å²) in [4.78, 5) is 35.9. The fraction of sp³-hybridized carbons (Fsp3) is 0.759. The van der Waals surface area contributed by atoms with E-state index >= 15 is 0 Å². The first-order valence-electron chi connectivity index (χ1n) is 14.5. The Kier molecular flexibility index (Phi) is 24.2. The average Bonchev–Trinajstić information content (AvgIpc) is 2.85. The van der Waals surface area contributed by atoms with Crippen LogP contribution in [0.15, 0.2) is 24.3 Å². The quantitative estimate of drug-likeness (QED) is 0.0399. The Balaban J connectivity index is 0. The van der Waals surface area contributed by atoms with Crippen molar-refractivity contribution in [3.05, 3.63) is 24.3 Å². The number of unbranched alkanes of at least 4 members (excludes halogenated alkanes) is 6. The van der Waals surface area contributed by atoms with Crippen molar-refractivity contribution >= 4 is 28.7 Å². The number of hydrogen-bond donors (Lipinski definition) is 4. The van der Waals surface area contributed by atoms with E-state index in [1.807, 2.05) is 19.9 Å². The van der Waals surface area contributed by atoms with Crippen molar-refractivity contribution in [2.75, 3.05) is 0 Å². The van der Waals surface area contributed by atoms with E-state index in [0.717, 1.165) is 38.5 Å². The zero-order chi connectivity index (χ0) is 30.4. The first-order chi connectivity index (χ1) is 18.9. The summed E-state index contributed by atoms with van der Waals surface area (Å²) >= 11 is 0. The molecule has 12 heteroatoms. The Hall–Kier alpha value is -2.28. The third-order valence-electron chi connectivity index (χ3n) is 6.41. The number of rotatable bonds is 21. The van der Waals surface area contributed by atoms with E-state index < -0.39 is 28.5 Å². The maximum atomic E-state index is 12.8. The number of nitrogens with one attached hydrogen (secondary N) is 1. The van der Waals surface area contributed by atoms with E-state index in [-0.39, 0.29) is 30.1 Å². The largest absolute Gasteiger partial charge is 0.461 e. The molecule has 1 heterocycles. The molecule has 41 heavy (non-hydrogen) atoms. The maximum Gasteiger partial charge on any atom is 0.394 e. The normalized spacial score (nSPS) is 18.1. The monoisotopic (exact) mass is 606 g/mol. The van der Waals surface area contributed by atoms with E-state index in [1.165, 1.54) is 25.7 Å². The average molecular weight is 607 g/mol. The van der Waals surface area contributed by atoms with Crippen molar-refractivity contribution in [1.82, 2.24) is 11.5 Å². The molecular weight excluding hydrogens is 552 g/mol. The minimum absolute atomic E-state index is 0. The molecule has 1 fully saturated rings. The molecule has 1 aliphatic heterocycles. The summed E-state index contributed by atoms with van der Waals surface area (Å²) in [7, 11) is -4.67. The van der Waals surface area contributed by atoms with Crippen molar-refractivity contribution in [2.24, 2.45) is 11.8 Å². The molecule has 0 unspecified atom stereocenters. The molecule has 0 aliphatic carbocycles. The lowest BCUT2D eigenvalue weighted by molar-refractivity contribution is -0.190. The number of ether oxygens (including phenoxy) is 2. The van der Waals surface area contributed by atoms with Crippen LogP contribution in [0.2, 0.25) is 0 Å². The number of cyclic esters (lactones) is 1. The van der Waals surface area contributed by atoms with Crippen molar-refractivity contribution in [3.63, 3.8) is 0 Å². The number of allylic oxidation sites excluding steroid dienone is 3. The van der Waals surface area contributed by atoms with Gasteiger partial charge in [-0.3, -0.25) is 18.7 Å². The van der Waals surface area contributed by atoms with Gasteiger partial charge in [0.15, 0.2) is 0 Å². The highest BCUT2D eigenvalue weighted by molar-refractivity contribution is 7.79. The highest BCUT2D eigenvalue weighted by Gasteiger charge is 2.43. The zero-order valence-electron chi connectivity index (χ0n) is 25.3. The molecule has 11 nitrogen and oxygen atoms in total. The molecule has 0 saturated carbocycles. The molecular formula is C29H54N2O9S. The van der Waals surface area contributed by atoms with Crippen LogP contribution in [0, 0.1) is 11.8 Å². The van der Waals surface area contributed by atoms with Crippen LogP contribution in [0.25, 0.3) is 0 Å². The molecule has 1 saturated heterocycles. The van der Waals surface area contributed by atoms with Crippen LogP contribution in [0.4, 0.5) is 0 Å². The molecule has 4 atom stereocenters. The number of carbonyl (C=O) groups excluding carboxylic acids is 3. The fourth-order valence-electron chi connectivity index (χ4n) is 4.34. The van der Waals surface area contributed by atoms with E-state index in [2.05, 4.69) is 37.4 Å². The minimum atomic E-state index is -4.67. The van der Waals surface area contributed by atoms with E-state index in [1.54, 1.807) is 0 Å².